The van der Waals surface area contributed by atoms with Crippen LogP contribution in [-0.4, -0.2) is 50.0 Å². The van der Waals surface area contributed by atoms with Crippen molar-refractivity contribution in [2.45, 2.75) is 72.7 Å². The maximum Gasteiger partial charge on any atom is 0.408 e. The van der Waals surface area contributed by atoms with Crippen LogP contribution in [0.1, 0.15) is 58.9 Å². The van der Waals surface area contributed by atoms with Gasteiger partial charge >= 0.3 is 6.09 Å². The molecule has 2 aromatic rings. The van der Waals surface area contributed by atoms with Gasteiger partial charge in [0.2, 0.25) is 11.8 Å². The molecule has 2 amide bonds. The Morgan fingerprint density at radius 3 is 2.41 bits per heavy atom. The van der Waals surface area contributed by atoms with Crippen molar-refractivity contribution in [2.75, 3.05) is 6.54 Å². The Morgan fingerprint density at radius 1 is 1.19 bits per heavy atom. The van der Waals surface area contributed by atoms with Crippen LogP contribution < -0.4 is 4.74 Å². The molecule has 1 atom stereocenters. The maximum atomic E-state index is 13.6. The number of oxazole rings is 1. The van der Waals surface area contributed by atoms with Gasteiger partial charge in [-0.2, -0.15) is 0 Å². The lowest BCUT2D eigenvalue weighted by molar-refractivity contribution is -0.144. The molecule has 0 aliphatic carbocycles. The molecule has 0 radical (unpaired) electrons. The first-order valence-corrected chi connectivity index (χ1v) is 10.8. The summed E-state index contributed by atoms with van der Waals surface area (Å²) in [6.45, 7) is 12.0. The highest BCUT2D eigenvalue weighted by Crippen LogP contribution is 2.33. The van der Waals surface area contributed by atoms with Gasteiger partial charge in [-0.15, -0.1) is 0 Å². The fourth-order valence-corrected chi connectivity index (χ4v) is 3.99. The first kappa shape index (κ1) is 23.6. The van der Waals surface area contributed by atoms with Crippen molar-refractivity contribution in [1.82, 2.24) is 14.8 Å². The summed E-state index contributed by atoms with van der Waals surface area (Å²) in [5, 5.41) is 9.92. The van der Waals surface area contributed by atoms with Crippen molar-refractivity contribution < 1.29 is 23.8 Å². The van der Waals surface area contributed by atoms with Gasteiger partial charge in [-0.05, 0) is 38.3 Å². The lowest BCUT2D eigenvalue weighted by Crippen LogP contribution is -2.62. The predicted molar refractivity (Wildman–Crippen MR) is 119 cm³/mol. The molecule has 1 aliphatic heterocycles. The summed E-state index contributed by atoms with van der Waals surface area (Å²) in [5.74, 6) is 1.59. The van der Waals surface area contributed by atoms with Gasteiger partial charge in [0.15, 0.2) is 6.61 Å². The van der Waals surface area contributed by atoms with Crippen molar-refractivity contribution in [3.8, 4) is 5.75 Å². The normalized spacial score (nSPS) is 15.1. The average Bonchev–Trinajstić information content (AvgIpc) is 3.10. The molecule has 0 fully saturated rings. The van der Waals surface area contributed by atoms with Gasteiger partial charge in [-0.1, -0.05) is 39.0 Å². The predicted octanol–water partition coefficient (Wildman–Crippen LogP) is 4.33. The zero-order chi connectivity index (χ0) is 23.7. The standard InChI is InChI=1S/C24H33N3O5/c1-23(2,3)20(27(22(29)30)24(4,5)6)21(28)26-13-12-17-18(14-26)32-19(25-17)15-31-16-10-8-7-9-11-16/h7-11,20H,12-15H2,1-6H3,(H,29,30)/t20-/m0/s1. The molecule has 0 saturated heterocycles. The van der Waals surface area contributed by atoms with Crippen LogP contribution in [0.15, 0.2) is 34.7 Å². The molecule has 174 valence electrons. The molecule has 1 aromatic heterocycles. The molecule has 8 nitrogen and oxygen atoms in total. The summed E-state index contributed by atoms with van der Waals surface area (Å²) in [4.78, 5) is 33.2. The smallest absolute Gasteiger partial charge is 0.408 e. The summed E-state index contributed by atoms with van der Waals surface area (Å²) < 4.78 is 11.6. The number of nitrogens with zero attached hydrogens (tertiary/aromatic N) is 3. The van der Waals surface area contributed by atoms with E-state index < -0.39 is 23.1 Å². The summed E-state index contributed by atoms with van der Waals surface area (Å²) in [5.41, 5.74) is -0.493. The molecule has 2 heterocycles. The number of hydrogen-bond donors (Lipinski definition) is 1. The number of rotatable bonds is 5. The second-order valence-electron chi connectivity index (χ2n) is 10.2. The molecule has 0 spiro atoms. The van der Waals surface area contributed by atoms with Gasteiger partial charge in [0.1, 0.15) is 17.6 Å². The van der Waals surface area contributed by atoms with E-state index in [2.05, 4.69) is 4.98 Å². The monoisotopic (exact) mass is 443 g/mol. The Morgan fingerprint density at radius 2 is 1.84 bits per heavy atom. The minimum absolute atomic E-state index is 0.201. The van der Waals surface area contributed by atoms with E-state index in [-0.39, 0.29) is 19.1 Å². The van der Waals surface area contributed by atoms with Gasteiger partial charge in [-0.25, -0.2) is 9.78 Å². The second kappa shape index (κ2) is 8.84. The number of ether oxygens (including phenoxy) is 1. The number of aromatic nitrogens is 1. The van der Waals surface area contributed by atoms with Crippen LogP contribution in [0.25, 0.3) is 0 Å². The van der Waals surface area contributed by atoms with Crippen molar-refractivity contribution in [3.63, 3.8) is 0 Å². The number of para-hydroxylation sites is 1. The number of amides is 2. The number of carboxylic acid groups (broad SMARTS) is 1. The van der Waals surface area contributed by atoms with Crippen molar-refractivity contribution in [3.05, 3.63) is 47.7 Å². The van der Waals surface area contributed by atoms with E-state index in [4.69, 9.17) is 9.15 Å². The van der Waals surface area contributed by atoms with Crippen LogP contribution in [0.4, 0.5) is 4.79 Å². The topological polar surface area (TPSA) is 96.1 Å². The van der Waals surface area contributed by atoms with Crippen molar-refractivity contribution >= 4 is 12.0 Å². The Labute approximate surface area is 189 Å². The Kier molecular flexibility index (Phi) is 6.53. The van der Waals surface area contributed by atoms with Crippen molar-refractivity contribution in [1.29, 1.82) is 0 Å². The molecule has 0 saturated carbocycles. The average molecular weight is 444 g/mol. The van der Waals surface area contributed by atoms with E-state index in [0.717, 1.165) is 11.4 Å². The van der Waals surface area contributed by atoms with Gasteiger partial charge in [0.25, 0.3) is 0 Å². The van der Waals surface area contributed by atoms with Crippen LogP contribution in [0.3, 0.4) is 0 Å². The molecule has 0 bridgehead atoms. The fourth-order valence-electron chi connectivity index (χ4n) is 3.99. The Hall–Kier alpha value is -3.03. The molecule has 32 heavy (non-hydrogen) atoms. The SMILES string of the molecule is CC(C)(C)[C@H](C(=O)N1CCc2nc(COc3ccccc3)oc2C1)N(C(=O)O)C(C)(C)C. The summed E-state index contributed by atoms with van der Waals surface area (Å²) in [6.07, 6.45) is -0.557. The number of carbonyl (C=O) groups excluding carboxylic acids is 1. The van der Waals surface area contributed by atoms with E-state index in [1.54, 1.807) is 25.7 Å². The molecular formula is C24H33N3O5. The number of hydrogen-bond acceptors (Lipinski definition) is 5. The Balaban J connectivity index is 1.77. The highest BCUT2D eigenvalue weighted by Gasteiger charge is 2.46. The lowest BCUT2D eigenvalue weighted by Gasteiger charge is -2.46. The number of fused-ring (bicyclic) bond motifs is 1. The number of benzene rings is 1. The van der Waals surface area contributed by atoms with Crippen molar-refractivity contribution in [2.24, 2.45) is 5.41 Å². The molecule has 1 N–H and O–H groups in total. The van der Waals surface area contributed by atoms with E-state index in [1.165, 1.54) is 4.90 Å². The molecule has 8 heteroatoms. The minimum Gasteiger partial charge on any atom is -0.484 e. The van der Waals surface area contributed by atoms with E-state index in [1.807, 2.05) is 51.1 Å². The number of carbonyl (C=O) groups is 2. The molecule has 3 rings (SSSR count). The highest BCUT2D eigenvalue weighted by molar-refractivity contribution is 5.86. The highest BCUT2D eigenvalue weighted by atomic mass is 16.5. The third-order valence-electron chi connectivity index (χ3n) is 5.43. The summed E-state index contributed by atoms with van der Waals surface area (Å²) >= 11 is 0. The summed E-state index contributed by atoms with van der Waals surface area (Å²) in [6, 6.07) is 8.59. The lowest BCUT2D eigenvalue weighted by atomic mass is 9.82. The fraction of sp³-hybridized carbons (Fsp3) is 0.542. The molecular weight excluding hydrogens is 410 g/mol. The van der Waals surface area contributed by atoms with Crippen LogP contribution in [0, 0.1) is 5.41 Å². The maximum absolute atomic E-state index is 13.6. The van der Waals surface area contributed by atoms with E-state index in [0.29, 0.717) is 24.6 Å². The third-order valence-corrected chi connectivity index (χ3v) is 5.43. The van der Waals surface area contributed by atoms with Crippen LogP contribution in [-0.2, 0) is 24.4 Å². The van der Waals surface area contributed by atoms with Crippen LogP contribution in [0.2, 0.25) is 0 Å². The first-order chi connectivity index (χ1) is 14.9. The zero-order valence-electron chi connectivity index (χ0n) is 19.7. The van der Waals surface area contributed by atoms with Gasteiger partial charge in [-0.3, -0.25) is 9.69 Å². The van der Waals surface area contributed by atoms with E-state index in [9.17, 15) is 14.7 Å². The van der Waals surface area contributed by atoms with Gasteiger partial charge < -0.3 is 19.2 Å². The zero-order valence-corrected chi connectivity index (χ0v) is 19.7. The first-order valence-electron chi connectivity index (χ1n) is 10.8. The quantitative estimate of drug-likeness (QED) is 0.739. The molecule has 0 unspecified atom stereocenters. The van der Waals surface area contributed by atoms with Gasteiger partial charge in [0, 0.05) is 18.5 Å². The Bertz CT molecular complexity index is 956. The largest absolute Gasteiger partial charge is 0.484 e. The third kappa shape index (κ3) is 5.23. The summed E-state index contributed by atoms with van der Waals surface area (Å²) in [7, 11) is 0. The van der Waals surface area contributed by atoms with E-state index >= 15 is 0 Å². The van der Waals surface area contributed by atoms with Gasteiger partial charge in [0.05, 0.1) is 12.2 Å². The minimum atomic E-state index is -1.11. The molecule has 1 aromatic carbocycles. The second-order valence-corrected chi connectivity index (χ2v) is 10.2. The van der Waals surface area contributed by atoms with Crippen LogP contribution >= 0.6 is 0 Å². The van der Waals surface area contributed by atoms with Crippen LogP contribution in [0.5, 0.6) is 5.75 Å². The molecule has 1 aliphatic rings.